The molecule has 1 saturated heterocycles. The zero-order valence-electron chi connectivity index (χ0n) is 15.0. The fourth-order valence-corrected chi connectivity index (χ4v) is 4.04. The maximum absolute atomic E-state index is 12.2. The number of hydrogen-bond acceptors (Lipinski definition) is 10. The average Bonchev–Trinajstić information content (AvgIpc) is 3.07. The van der Waals surface area contributed by atoms with E-state index in [9.17, 15) is 29.0 Å². The number of fused-ring (bicyclic) bond motifs is 1. The molecule has 0 amide bonds. The van der Waals surface area contributed by atoms with Gasteiger partial charge in [-0.05, 0) is 0 Å². The van der Waals surface area contributed by atoms with Crippen molar-refractivity contribution in [3.63, 3.8) is 0 Å². The molecule has 0 radical (unpaired) electrons. The molecule has 150 valence electrons. The Morgan fingerprint density at radius 3 is 2.48 bits per heavy atom. The number of nitrogens with one attached hydrogen (secondary N) is 1. The first-order chi connectivity index (χ1) is 12.5. The van der Waals surface area contributed by atoms with Crippen LogP contribution in [-0.4, -0.2) is 59.1 Å². The van der Waals surface area contributed by atoms with Gasteiger partial charge in [-0.1, -0.05) is 6.10 Å². The van der Waals surface area contributed by atoms with Crippen molar-refractivity contribution in [1.29, 1.82) is 0 Å². The molecular formula is C10H12N4Na2O11P2. The number of phosphoric ester groups is 1. The Hall–Kier alpha value is 0.490. The van der Waals surface area contributed by atoms with Crippen molar-refractivity contribution in [2.45, 2.75) is 24.5 Å². The molecule has 1 unspecified atom stereocenters. The topological polar surface area (TPSA) is 232 Å². The number of phosphoric acid groups is 2. The molecular weight excluding hydrogens is 460 g/mol. The first-order valence-corrected chi connectivity index (χ1v) is 10.1. The molecule has 0 spiro atoms. The normalized spacial score (nSPS) is 26.5. The van der Waals surface area contributed by atoms with Crippen LogP contribution in [0, 0.1) is 0 Å². The van der Waals surface area contributed by atoms with Gasteiger partial charge in [-0.3, -0.25) is 13.9 Å². The quantitative estimate of drug-likeness (QED) is 0.226. The van der Waals surface area contributed by atoms with Gasteiger partial charge in [-0.2, -0.15) is 4.31 Å². The number of nitrogens with zero attached hydrogens (tertiary/aromatic N) is 3. The van der Waals surface area contributed by atoms with Crippen molar-refractivity contribution >= 4 is 26.8 Å². The van der Waals surface area contributed by atoms with Gasteiger partial charge in [0.05, 0.1) is 25.4 Å². The third kappa shape index (κ3) is 6.49. The molecule has 0 aliphatic carbocycles. The molecule has 19 heteroatoms. The number of imidazole rings is 1. The maximum atomic E-state index is 12.2. The van der Waals surface area contributed by atoms with E-state index in [0.717, 1.165) is 17.2 Å². The van der Waals surface area contributed by atoms with Crippen LogP contribution >= 0.6 is 15.6 Å². The molecule has 15 nitrogen and oxygen atoms in total. The molecule has 29 heavy (non-hydrogen) atoms. The van der Waals surface area contributed by atoms with E-state index >= 15 is 0 Å². The number of rotatable bonds is 6. The smallest absolute Gasteiger partial charge is 0.851 e. The van der Waals surface area contributed by atoms with Crippen molar-refractivity contribution in [2.75, 3.05) is 6.61 Å². The monoisotopic (exact) mass is 472 g/mol. The minimum Gasteiger partial charge on any atom is -0.851 e. The van der Waals surface area contributed by atoms with Crippen LogP contribution in [-0.2, 0) is 22.7 Å². The number of hydrogen-bond donors (Lipinski definition) is 4. The van der Waals surface area contributed by atoms with Gasteiger partial charge in [-0.25, -0.2) is 19.1 Å². The standard InChI is InChI=1S/C10H12N4O11P2.2Na/c15-6-4(1-23-27(21,22)25-26(18,19)20)24-10(7(6)16)14-3-13-5-8(14)11-2-12-9(5)17;;/h2-4,6-7,10H,1H2,(H,21,22)(H,11,12,17)(H2,18,19,20);;/q-2;2*+1/t4-,6+,7-,10-;;/m1../s1. The van der Waals surface area contributed by atoms with Crippen molar-refractivity contribution in [3.05, 3.63) is 23.0 Å². The molecule has 0 aromatic carbocycles. The first-order valence-electron chi connectivity index (χ1n) is 7.10. The fourth-order valence-electron chi connectivity index (χ4n) is 2.44. The summed E-state index contributed by atoms with van der Waals surface area (Å²) in [4.78, 5) is 47.8. The molecule has 0 bridgehead atoms. The summed E-state index contributed by atoms with van der Waals surface area (Å²) in [5, 5.41) is 24.3. The van der Waals surface area contributed by atoms with Crippen LogP contribution in [0.5, 0.6) is 0 Å². The molecule has 3 heterocycles. The maximum Gasteiger partial charge on any atom is 1.00 e. The van der Waals surface area contributed by atoms with Crippen molar-refractivity contribution in [2.24, 2.45) is 0 Å². The summed E-state index contributed by atoms with van der Waals surface area (Å²) in [6, 6.07) is 0. The molecule has 1 aliphatic heterocycles. The average molecular weight is 472 g/mol. The van der Waals surface area contributed by atoms with E-state index in [1.807, 2.05) is 0 Å². The van der Waals surface area contributed by atoms with Gasteiger partial charge in [0.1, 0.15) is 6.23 Å². The van der Waals surface area contributed by atoms with Crippen LogP contribution in [0.4, 0.5) is 0 Å². The number of aromatic amines is 1. The van der Waals surface area contributed by atoms with Crippen molar-refractivity contribution in [1.82, 2.24) is 19.5 Å². The molecule has 2 aromatic rings. The van der Waals surface area contributed by atoms with E-state index in [-0.39, 0.29) is 70.3 Å². The van der Waals surface area contributed by atoms with Crippen molar-refractivity contribution in [3.8, 4) is 0 Å². The van der Waals surface area contributed by atoms with Gasteiger partial charge in [0.2, 0.25) is 0 Å². The van der Waals surface area contributed by atoms with Gasteiger partial charge < -0.3 is 34.6 Å². The Morgan fingerprint density at radius 2 is 1.86 bits per heavy atom. The summed E-state index contributed by atoms with van der Waals surface area (Å²) >= 11 is 0. The Labute approximate surface area is 205 Å². The minimum atomic E-state index is -5.33. The van der Waals surface area contributed by atoms with E-state index in [2.05, 4.69) is 23.8 Å². The summed E-state index contributed by atoms with van der Waals surface area (Å²) in [6.07, 6.45) is -4.73. The van der Waals surface area contributed by atoms with E-state index in [0.29, 0.717) is 0 Å². The van der Waals surface area contributed by atoms with Crippen LogP contribution in [0.1, 0.15) is 6.23 Å². The Kier molecular flexibility index (Phi) is 9.87. The molecule has 3 rings (SSSR count). The predicted octanol–water partition coefficient (Wildman–Crippen LogP) is -9.29. The second-order valence-electron chi connectivity index (χ2n) is 5.39. The largest absolute Gasteiger partial charge is 1.00 e. The van der Waals surface area contributed by atoms with E-state index in [1.165, 1.54) is 0 Å². The molecule has 1 aliphatic rings. The SMILES string of the molecule is O=c1[nH]cnc2c1ncn2[C@@H]1O[C@H](COP(=O)(O)OP(=O)(O)O)[C@H]([O-])[C@H]1[O-].[Na+].[Na+]. The molecule has 5 atom stereocenters. The number of aromatic nitrogens is 4. The molecule has 2 aromatic heterocycles. The second-order valence-corrected chi connectivity index (χ2v) is 8.22. The second kappa shape index (κ2) is 10.4. The summed E-state index contributed by atoms with van der Waals surface area (Å²) in [6.45, 7) is -0.947. The van der Waals surface area contributed by atoms with Gasteiger partial charge in [0.25, 0.3) is 5.56 Å². The molecule has 1 fully saturated rings. The number of H-pyrrole nitrogens is 1. The summed E-state index contributed by atoms with van der Waals surface area (Å²) in [5.41, 5.74) is -0.685. The van der Waals surface area contributed by atoms with Crippen LogP contribution in [0.25, 0.3) is 11.2 Å². The summed E-state index contributed by atoms with van der Waals surface area (Å²) in [5.74, 6) is 0. The first kappa shape index (κ1) is 27.5. The van der Waals surface area contributed by atoms with E-state index < -0.39 is 52.4 Å². The van der Waals surface area contributed by atoms with Gasteiger partial charge in [0.15, 0.2) is 11.2 Å². The summed E-state index contributed by atoms with van der Waals surface area (Å²) in [7, 11) is -10.5. The van der Waals surface area contributed by atoms with Crippen LogP contribution in [0.3, 0.4) is 0 Å². The van der Waals surface area contributed by atoms with Crippen LogP contribution < -0.4 is 74.9 Å². The van der Waals surface area contributed by atoms with Crippen LogP contribution in [0.15, 0.2) is 17.4 Å². The number of ether oxygens (including phenoxy) is 1. The van der Waals surface area contributed by atoms with Gasteiger partial charge in [-0.15, -0.1) is 6.10 Å². The zero-order chi connectivity index (χ0) is 20.0. The van der Waals surface area contributed by atoms with Crippen LogP contribution in [0.2, 0.25) is 0 Å². The Balaban J connectivity index is 0.00000210. The van der Waals surface area contributed by atoms with E-state index in [1.54, 1.807) is 0 Å². The van der Waals surface area contributed by atoms with E-state index in [4.69, 9.17) is 14.5 Å². The molecule has 0 saturated carbocycles. The predicted molar refractivity (Wildman–Crippen MR) is 78.5 cm³/mol. The Morgan fingerprint density at radius 1 is 1.21 bits per heavy atom. The van der Waals surface area contributed by atoms with Gasteiger partial charge in [0, 0.05) is 0 Å². The third-order valence-electron chi connectivity index (χ3n) is 3.54. The zero-order valence-corrected chi connectivity index (χ0v) is 20.8. The third-order valence-corrected chi connectivity index (χ3v) is 5.69. The minimum absolute atomic E-state index is 0. The van der Waals surface area contributed by atoms with Crippen molar-refractivity contribution < 1.29 is 107 Å². The fraction of sp³-hybridized carbons (Fsp3) is 0.500. The molecule has 4 N–H and O–H groups in total. The summed E-state index contributed by atoms with van der Waals surface area (Å²) < 4.78 is 36.2. The Bertz CT molecular complexity index is 995. The van der Waals surface area contributed by atoms with Gasteiger partial charge >= 0.3 is 74.8 Å².